The number of nitrogens with zero attached hydrogens (tertiary/aromatic N) is 1. The van der Waals surface area contributed by atoms with Gasteiger partial charge in [0.2, 0.25) is 6.29 Å². The fourth-order valence-electron chi connectivity index (χ4n) is 7.41. The molecule has 2 fully saturated rings. The first kappa shape index (κ1) is 36.8. The number of carbonyl (C=O) groups excluding carboxylic acids is 4. The largest absolute Gasteiger partial charge is 0.632 e. The molecule has 1 amide bonds. The molecule has 2 aliphatic carbocycles. The van der Waals surface area contributed by atoms with Crippen LogP contribution in [-0.4, -0.2) is 118 Å². The lowest BCUT2D eigenvalue weighted by atomic mass is 9.72. The summed E-state index contributed by atoms with van der Waals surface area (Å²) >= 11 is 0. The minimum atomic E-state index is -5.35. The number of rotatable bonds is 6. The van der Waals surface area contributed by atoms with Crippen LogP contribution in [-0.2, 0) is 35.0 Å². The summed E-state index contributed by atoms with van der Waals surface area (Å²) in [6.07, 6.45) is -12.8. The summed E-state index contributed by atoms with van der Waals surface area (Å²) in [6, 6.07) is 2.09. The molecule has 6 rings (SSSR count). The number of Topliss-reactive ketones (excluding diaryl/α,β-unsaturated/α-hetero) is 1. The van der Waals surface area contributed by atoms with Crippen LogP contribution in [0.4, 0.5) is 18.9 Å². The number of carbonyl (C=O) groups is 4. The lowest BCUT2D eigenvalue weighted by molar-refractivity contribution is -0.926. The summed E-state index contributed by atoms with van der Waals surface area (Å²) in [7, 11) is 1.36. The molecule has 0 aromatic heterocycles. The van der Waals surface area contributed by atoms with Gasteiger partial charge in [-0.05, 0) is 19.9 Å². The number of methoxy groups -OCH3 is 1. The van der Waals surface area contributed by atoms with Crippen LogP contribution in [0.25, 0.3) is 0 Å². The number of phenols is 2. The Morgan fingerprint density at radius 2 is 1.78 bits per heavy atom. The average molecular weight is 725 g/mol. The summed E-state index contributed by atoms with van der Waals surface area (Å²) in [6.45, 7) is 2.38. The first-order valence-corrected chi connectivity index (χ1v) is 16.0. The van der Waals surface area contributed by atoms with Gasteiger partial charge in [0.05, 0.1) is 47.6 Å². The Labute approximate surface area is 287 Å². The zero-order valence-corrected chi connectivity index (χ0v) is 27.5. The molecule has 8 atom stereocenters. The number of aliphatic hydroxyl groups excluding tert-OH is 1. The first-order valence-electron chi connectivity index (χ1n) is 16.0. The second kappa shape index (κ2) is 12.9. The van der Waals surface area contributed by atoms with E-state index in [4.69, 9.17) is 18.9 Å². The predicted molar refractivity (Wildman–Crippen MR) is 164 cm³/mol. The summed E-state index contributed by atoms with van der Waals surface area (Å²) in [5.41, 5.74) is -6.28. The number of alkyl halides is 3. The van der Waals surface area contributed by atoms with Crippen molar-refractivity contribution in [3.05, 3.63) is 56.8 Å². The van der Waals surface area contributed by atoms with Crippen molar-refractivity contribution < 1.29 is 76.4 Å². The van der Waals surface area contributed by atoms with Crippen LogP contribution >= 0.6 is 0 Å². The van der Waals surface area contributed by atoms with Gasteiger partial charge in [0, 0.05) is 36.6 Å². The van der Waals surface area contributed by atoms with Crippen LogP contribution in [0.5, 0.6) is 11.5 Å². The molecule has 0 bridgehead atoms. The Morgan fingerprint density at radius 3 is 2.43 bits per heavy atom. The number of nitrogens with one attached hydrogen (secondary N) is 1. The van der Waals surface area contributed by atoms with Gasteiger partial charge in [-0.1, -0.05) is 12.1 Å². The number of phenolic OH excluding ortho intramolecular Hbond substituents is 2. The number of morpholine rings is 1. The van der Waals surface area contributed by atoms with Crippen LogP contribution in [0.3, 0.4) is 0 Å². The lowest BCUT2D eigenvalue weighted by Crippen LogP contribution is -2.67. The summed E-state index contributed by atoms with van der Waals surface area (Å²) < 4.78 is 61.1. The molecule has 2 aromatic rings. The van der Waals surface area contributed by atoms with E-state index in [1.54, 1.807) is 5.32 Å². The molecule has 276 valence electrons. The Bertz CT molecular complexity index is 1820. The maximum Gasteiger partial charge on any atom is 0.471 e. The number of hydroxylamine groups is 3. The molecule has 5 N–H and O–H groups in total. The number of quaternary nitrogens is 1. The summed E-state index contributed by atoms with van der Waals surface area (Å²) in [5.74, 6) is -7.35. The number of halogens is 3. The van der Waals surface area contributed by atoms with E-state index < -0.39 is 129 Å². The molecule has 0 radical (unpaired) electrons. The predicted octanol–water partition coefficient (Wildman–Crippen LogP) is 1.88. The number of benzene rings is 2. The highest BCUT2D eigenvalue weighted by Crippen LogP contribution is 2.52. The highest BCUT2D eigenvalue weighted by Gasteiger charge is 2.52. The highest BCUT2D eigenvalue weighted by atomic mass is 19.4. The van der Waals surface area contributed by atoms with E-state index in [2.05, 4.69) is 0 Å². The second-order valence-corrected chi connectivity index (χ2v) is 13.2. The van der Waals surface area contributed by atoms with Crippen LogP contribution in [0.1, 0.15) is 75.8 Å². The number of aliphatic hydroxyl groups is 2. The molecule has 15 nitrogen and oxygen atoms in total. The van der Waals surface area contributed by atoms with Crippen molar-refractivity contribution in [1.29, 1.82) is 0 Å². The van der Waals surface area contributed by atoms with Crippen LogP contribution in [0.15, 0.2) is 18.2 Å². The molecular formula is C33H35F3N2O13. The van der Waals surface area contributed by atoms with Gasteiger partial charge in [-0.15, -0.1) is 0 Å². The van der Waals surface area contributed by atoms with Crippen molar-refractivity contribution in [2.45, 2.75) is 81.8 Å². The van der Waals surface area contributed by atoms with Crippen molar-refractivity contribution in [1.82, 2.24) is 0 Å². The molecule has 18 heteroatoms. The Morgan fingerprint density at radius 1 is 1.10 bits per heavy atom. The number of ether oxygens (including phenoxy) is 4. The molecule has 2 heterocycles. The minimum absolute atomic E-state index is 0.0311. The van der Waals surface area contributed by atoms with E-state index in [-0.39, 0.29) is 37.2 Å². The number of fused-ring (bicyclic) bond motifs is 3. The number of aromatic hydroxyl groups is 2. The lowest BCUT2D eigenvalue weighted by Gasteiger charge is -2.56. The van der Waals surface area contributed by atoms with E-state index in [9.17, 15) is 58.0 Å². The second-order valence-electron chi connectivity index (χ2n) is 13.2. The van der Waals surface area contributed by atoms with Crippen molar-refractivity contribution >= 4 is 28.9 Å². The van der Waals surface area contributed by atoms with Crippen LogP contribution < -0.4 is 5.32 Å². The molecule has 1 unspecified atom stereocenters. The molecular weight excluding hydrogens is 689 g/mol. The normalized spacial score (nSPS) is 32.1. The molecule has 2 aromatic carbocycles. The van der Waals surface area contributed by atoms with Crippen molar-refractivity contribution in [2.75, 3.05) is 32.1 Å². The standard InChI is InChI=1S/C33H35F3N2O13/c1-13-26(40)18(38(47)7-8-49-21(12-38)48-3)9-20(50-13)51-19-11-32(46,14(2)39)10-16-23(19)30(44)25-24(28(16)42)27(41)15-5-4-6-17(22(15)29(25)43)37-31(45)33(34,35)36/h4-6,13,18-21,26,40,42,44,46H,7-12H2,1-3H3,(H,37,45)/t13-,18-,19-,20-,21-,26+,32-,38?/m0/s1. The van der Waals surface area contributed by atoms with Gasteiger partial charge < -0.3 is 54.5 Å². The number of anilines is 1. The van der Waals surface area contributed by atoms with Crippen LogP contribution in [0, 0.1) is 5.21 Å². The van der Waals surface area contributed by atoms with Gasteiger partial charge in [-0.2, -0.15) is 13.2 Å². The fraction of sp³-hybridized carbons (Fsp3) is 0.515. The molecule has 4 aliphatic rings. The number of hydrogen-bond acceptors (Lipinski definition) is 13. The Balaban J connectivity index is 1.43. The average Bonchev–Trinajstić information content (AvgIpc) is 3.05. The van der Waals surface area contributed by atoms with Gasteiger partial charge >= 0.3 is 12.1 Å². The third-order valence-electron chi connectivity index (χ3n) is 10.1. The third-order valence-corrected chi connectivity index (χ3v) is 10.1. The Hall–Kier alpha value is -4.01. The maximum absolute atomic E-state index is 14.0. The first-order chi connectivity index (χ1) is 23.8. The van der Waals surface area contributed by atoms with Gasteiger partial charge in [0.25, 0.3) is 0 Å². The van der Waals surface area contributed by atoms with Crippen molar-refractivity contribution in [3.63, 3.8) is 0 Å². The van der Waals surface area contributed by atoms with Crippen molar-refractivity contribution in [3.8, 4) is 11.5 Å². The third kappa shape index (κ3) is 6.18. The van der Waals surface area contributed by atoms with E-state index >= 15 is 0 Å². The zero-order valence-electron chi connectivity index (χ0n) is 27.5. The van der Waals surface area contributed by atoms with Crippen LogP contribution in [0.2, 0.25) is 0 Å². The van der Waals surface area contributed by atoms with Gasteiger partial charge in [-0.25, -0.2) is 0 Å². The van der Waals surface area contributed by atoms with E-state index in [1.165, 1.54) is 14.0 Å². The minimum Gasteiger partial charge on any atom is -0.632 e. The smallest absolute Gasteiger partial charge is 0.471 e. The SMILES string of the molecule is CO[C@@H]1C[N+]([O-])([C@H]2C[C@H](O[C@H]3C[C@](O)(C(C)=O)Cc4c(O)c5c(c(O)c43)C(=O)c3c(NC(=O)C(F)(F)F)cccc3C5=O)O[C@@H](C)[C@H]2O)CCO1. The van der Waals surface area contributed by atoms with E-state index in [0.29, 0.717) is 0 Å². The topological polar surface area (TPSA) is 221 Å². The number of hydrogen-bond donors (Lipinski definition) is 5. The number of amides is 1. The molecule has 0 saturated carbocycles. The fourth-order valence-corrected chi connectivity index (χ4v) is 7.41. The summed E-state index contributed by atoms with van der Waals surface area (Å²) in [5, 5.41) is 61.3. The van der Waals surface area contributed by atoms with E-state index in [0.717, 1.165) is 25.1 Å². The highest BCUT2D eigenvalue weighted by molar-refractivity contribution is 6.32. The van der Waals surface area contributed by atoms with Gasteiger partial charge in [0.1, 0.15) is 42.3 Å². The molecule has 2 saturated heterocycles. The monoisotopic (exact) mass is 724 g/mol. The molecule has 2 aliphatic heterocycles. The number of ketones is 3. The molecule has 51 heavy (non-hydrogen) atoms. The Kier molecular flexibility index (Phi) is 9.29. The maximum atomic E-state index is 14.0. The summed E-state index contributed by atoms with van der Waals surface area (Å²) in [4.78, 5) is 52.3. The van der Waals surface area contributed by atoms with Gasteiger partial charge in [-0.3, -0.25) is 19.2 Å². The molecule has 0 spiro atoms. The van der Waals surface area contributed by atoms with Crippen molar-refractivity contribution in [2.24, 2.45) is 0 Å². The van der Waals surface area contributed by atoms with E-state index in [1.807, 2.05) is 0 Å². The zero-order chi connectivity index (χ0) is 37.4. The quantitative estimate of drug-likeness (QED) is 0.139. The van der Waals surface area contributed by atoms with Gasteiger partial charge in [0.15, 0.2) is 23.6 Å².